The van der Waals surface area contributed by atoms with E-state index in [0.29, 0.717) is 6.54 Å². The lowest BCUT2D eigenvalue weighted by Crippen LogP contribution is -3.11. The van der Waals surface area contributed by atoms with Crippen LogP contribution in [0.4, 0.5) is 5.69 Å². The molecule has 0 heterocycles. The molecule has 0 radical (unpaired) electrons. The van der Waals surface area contributed by atoms with Gasteiger partial charge in [0.1, 0.15) is 6.54 Å². The van der Waals surface area contributed by atoms with Gasteiger partial charge in [-0.05, 0) is 19.1 Å². The smallest absolute Gasteiger partial charge is 0.272 e. The normalized spacial score (nSPS) is 12.2. The number of primary amides is 1. The Morgan fingerprint density at radius 3 is 2.29 bits per heavy atom. The van der Waals surface area contributed by atoms with Gasteiger partial charge in [-0.3, -0.25) is 4.79 Å². The average molecular weight is 236 g/mol. The first kappa shape index (κ1) is 13.5. The summed E-state index contributed by atoms with van der Waals surface area (Å²) in [6, 6.07) is 8.39. The fourth-order valence-corrected chi connectivity index (χ4v) is 1.76. The number of rotatable bonds is 6. The van der Waals surface area contributed by atoms with Crippen molar-refractivity contribution in [2.24, 2.45) is 5.73 Å². The molecule has 0 bridgehead atoms. The zero-order valence-electron chi connectivity index (χ0n) is 10.9. The lowest BCUT2D eigenvalue weighted by Gasteiger charge is -2.17. The Hall–Kier alpha value is -1.55. The van der Waals surface area contributed by atoms with Gasteiger partial charge in [-0.25, -0.2) is 0 Å². The Bertz CT molecular complexity index is 359. The molecule has 0 aliphatic carbocycles. The zero-order chi connectivity index (χ0) is 12.8. The standard InChI is InChI=1S/C13H21N3O/c1-4-16(10-13(14)17)9-11-5-7-12(8-6-11)15(2)3/h5-8H,4,9-10H2,1-3H3,(H2,14,17)/p+1. The van der Waals surface area contributed by atoms with E-state index in [9.17, 15) is 4.79 Å². The van der Waals surface area contributed by atoms with Gasteiger partial charge in [0.05, 0.1) is 6.54 Å². The van der Waals surface area contributed by atoms with E-state index < -0.39 is 0 Å². The number of carbonyl (C=O) groups is 1. The van der Waals surface area contributed by atoms with Crippen molar-refractivity contribution in [2.75, 3.05) is 32.1 Å². The highest BCUT2D eigenvalue weighted by Gasteiger charge is 2.10. The highest BCUT2D eigenvalue weighted by Crippen LogP contribution is 2.11. The summed E-state index contributed by atoms with van der Waals surface area (Å²) in [6.45, 7) is 4.20. The molecule has 1 rings (SSSR count). The first-order valence-corrected chi connectivity index (χ1v) is 5.91. The van der Waals surface area contributed by atoms with Crippen molar-refractivity contribution in [1.82, 2.24) is 0 Å². The minimum Gasteiger partial charge on any atom is -0.378 e. The SMILES string of the molecule is CC[NH+](CC(N)=O)Cc1ccc(N(C)C)cc1. The molecule has 1 aromatic rings. The van der Waals surface area contributed by atoms with Gasteiger partial charge in [0.15, 0.2) is 6.54 Å². The van der Waals surface area contributed by atoms with E-state index in [-0.39, 0.29) is 5.91 Å². The van der Waals surface area contributed by atoms with Gasteiger partial charge in [0.2, 0.25) is 0 Å². The largest absolute Gasteiger partial charge is 0.378 e. The van der Waals surface area contributed by atoms with Crippen molar-refractivity contribution in [2.45, 2.75) is 13.5 Å². The number of nitrogens with one attached hydrogen (secondary N) is 1. The predicted octanol–water partition coefficient (Wildman–Crippen LogP) is -0.357. The second-order valence-corrected chi connectivity index (χ2v) is 4.48. The van der Waals surface area contributed by atoms with Gasteiger partial charge in [-0.2, -0.15) is 0 Å². The molecule has 4 nitrogen and oxygen atoms in total. The maximum Gasteiger partial charge on any atom is 0.272 e. The van der Waals surface area contributed by atoms with Gasteiger partial charge in [-0.15, -0.1) is 0 Å². The lowest BCUT2D eigenvalue weighted by molar-refractivity contribution is -0.904. The van der Waals surface area contributed by atoms with Gasteiger partial charge >= 0.3 is 0 Å². The molecule has 1 unspecified atom stereocenters. The van der Waals surface area contributed by atoms with E-state index in [1.807, 2.05) is 14.1 Å². The van der Waals surface area contributed by atoms with Crippen LogP contribution in [-0.2, 0) is 11.3 Å². The zero-order valence-corrected chi connectivity index (χ0v) is 10.9. The number of amides is 1. The number of nitrogens with zero attached hydrogens (tertiary/aromatic N) is 1. The summed E-state index contributed by atoms with van der Waals surface area (Å²) >= 11 is 0. The lowest BCUT2D eigenvalue weighted by atomic mass is 10.2. The van der Waals surface area contributed by atoms with Gasteiger partial charge < -0.3 is 15.5 Å². The number of anilines is 1. The maximum absolute atomic E-state index is 10.9. The van der Waals surface area contributed by atoms with Crippen molar-refractivity contribution < 1.29 is 9.69 Å². The molecule has 94 valence electrons. The molecule has 0 spiro atoms. The molecule has 0 aromatic heterocycles. The van der Waals surface area contributed by atoms with E-state index in [4.69, 9.17) is 5.73 Å². The van der Waals surface area contributed by atoms with Crippen LogP contribution in [0, 0.1) is 0 Å². The molecule has 1 atom stereocenters. The average Bonchev–Trinajstić information content (AvgIpc) is 2.28. The minimum atomic E-state index is -0.244. The molecule has 1 amide bonds. The van der Waals surface area contributed by atoms with Crippen LogP contribution in [0.1, 0.15) is 12.5 Å². The number of hydrogen-bond acceptors (Lipinski definition) is 2. The van der Waals surface area contributed by atoms with E-state index in [0.717, 1.165) is 13.1 Å². The molecule has 0 aliphatic heterocycles. The van der Waals surface area contributed by atoms with Crippen molar-refractivity contribution in [3.8, 4) is 0 Å². The first-order chi connectivity index (χ1) is 8.02. The Balaban J connectivity index is 2.64. The number of hydrogen-bond donors (Lipinski definition) is 2. The summed E-state index contributed by atoms with van der Waals surface area (Å²) in [5, 5.41) is 0. The first-order valence-electron chi connectivity index (χ1n) is 5.91. The van der Waals surface area contributed by atoms with Crippen molar-refractivity contribution in [3.05, 3.63) is 29.8 Å². The monoisotopic (exact) mass is 236 g/mol. The second-order valence-electron chi connectivity index (χ2n) is 4.48. The number of carbonyl (C=O) groups excluding carboxylic acids is 1. The molecule has 0 saturated carbocycles. The Morgan fingerprint density at radius 1 is 1.29 bits per heavy atom. The molecular formula is C13H22N3O+. The third-order valence-electron chi connectivity index (χ3n) is 2.83. The van der Waals surface area contributed by atoms with E-state index >= 15 is 0 Å². The van der Waals surface area contributed by atoms with Crippen LogP contribution in [0.25, 0.3) is 0 Å². The fraction of sp³-hybridized carbons (Fsp3) is 0.462. The van der Waals surface area contributed by atoms with Crippen LogP contribution in [0.15, 0.2) is 24.3 Å². The molecule has 4 heteroatoms. The number of quaternary nitrogens is 1. The molecule has 0 fully saturated rings. The van der Waals surface area contributed by atoms with Crippen LogP contribution in [-0.4, -0.2) is 33.1 Å². The highest BCUT2D eigenvalue weighted by atomic mass is 16.1. The van der Waals surface area contributed by atoms with E-state index in [1.165, 1.54) is 16.2 Å². The van der Waals surface area contributed by atoms with E-state index in [1.54, 1.807) is 0 Å². The summed E-state index contributed by atoms with van der Waals surface area (Å²) in [5.74, 6) is -0.244. The van der Waals surface area contributed by atoms with Crippen LogP contribution >= 0.6 is 0 Å². The fourth-order valence-electron chi connectivity index (χ4n) is 1.76. The van der Waals surface area contributed by atoms with Gasteiger partial charge in [-0.1, -0.05) is 12.1 Å². The number of benzene rings is 1. The molecule has 17 heavy (non-hydrogen) atoms. The van der Waals surface area contributed by atoms with Crippen LogP contribution in [0.2, 0.25) is 0 Å². The third kappa shape index (κ3) is 4.44. The minimum absolute atomic E-state index is 0.244. The van der Waals surface area contributed by atoms with Crippen LogP contribution < -0.4 is 15.5 Å². The summed E-state index contributed by atoms with van der Waals surface area (Å²) < 4.78 is 0. The molecule has 1 aromatic carbocycles. The Kier molecular flexibility index (Phi) is 4.97. The number of likely N-dealkylation sites (N-methyl/N-ethyl adjacent to an activating group) is 1. The third-order valence-corrected chi connectivity index (χ3v) is 2.83. The highest BCUT2D eigenvalue weighted by molar-refractivity contribution is 5.74. The van der Waals surface area contributed by atoms with Crippen molar-refractivity contribution in [1.29, 1.82) is 0 Å². The van der Waals surface area contributed by atoms with E-state index in [2.05, 4.69) is 36.1 Å². The molecular weight excluding hydrogens is 214 g/mol. The summed E-state index contributed by atoms with van der Waals surface area (Å²) in [6.07, 6.45) is 0. The quantitative estimate of drug-likeness (QED) is 0.709. The molecule has 3 N–H and O–H groups in total. The maximum atomic E-state index is 10.9. The van der Waals surface area contributed by atoms with Gasteiger partial charge in [0.25, 0.3) is 5.91 Å². The van der Waals surface area contributed by atoms with Crippen molar-refractivity contribution in [3.63, 3.8) is 0 Å². The Morgan fingerprint density at radius 2 is 1.88 bits per heavy atom. The summed E-state index contributed by atoms with van der Waals surface area (Å²) in [5.41, 5.74) is 7.63. The van der Waals surface area contributed by atoms with Crippen LogP contribution in [0.5, 0.6) is 0 Å². The summed E-state index contributed by atoms with van der Waals surface area (Å²) in [7, 11) is 4.04. The second kappa shape index (κ2) is 6.25. The van der Waals surface area contributed by atoms with Crippen LogP contribution in [0.3, 0.4) is 0 Å². The number of nitrogens with two attached hydrogens (primary N) is 1. The predicted molar refractivity (Wildman–Crippen MR) is 70.0 cm³/mol. The summed E-state index contributed by atoms with van der Waals surface area (Å²) in [4.78, 5) is 14.2. The topological polar surface area (TPSA) is 50.8 Å². The van der Waals surface area contributed by atoms with Crippen molar-refractivity contribution >= 4 is 11.6 Å². The molecule has 0 aliphatic rings. The molecule has 0 saturated heterocycles. The van der Waals surface area contributed by atoms with Gasteiger partial charge in [0, 0.05) is 25.3 Å². The Labute approximate surface area is 103 Å².